The zero-order valence-corrected chi connectivity index (χ0v) is 27.1. The lowest BCUT2D eigenvalue weighted by atomic mass is 9.95. The van der Waals surface area contributed by atoms with Crippen molar-refractivity contribution in [3.05, 3.63) is 81.4 Å². The maximum absolute atomic E-state index is 14.0. The molecule has 0 aliphatic carbocycles. The topological polar surface area (TPSA) is 105 Å². The summed E-state index contributed by atoms with van der Waals surface area (Å²) in [5.74, 6) is 0.269. The van der Waals surface area contributed by atoms with Gasteiger partial charge in [-0.05, 0) is 79.5 Å². The molecular formula is C29H28Br2N2O7S. The van der Waals surface area contributed by atoms with Gasteiger partial charge in [0.2, 0.25) is 0 Å². The first kappa shape index (κ1) is 30.7. The van der Waals surface area contributed by atoms with Crippen LogP contribution in [-0.4, -0.2) is 36.3 Å². The molecule has 12 heteroatoms. The second-order valence-corrected chi connectivity index (χ2v) is 11.6. The van der Waals surface area contributed by atoms with Gasteiger partial charge < -0.3 is 18.9 Å². The normalized spacial score (nSPS) is 14.8. The van der Waals surface area contributed by atoms with E-state index in [2.05, 4.69) is 36.9 Å². The summed E-state index contributed by atoms with van der Waals surface area (Å²) in [6.45, 7) is 9.50. The lowest BCUT2D eigenvalue weighted by Crippen LogP contribution is -2.40. The molecule has 9 nitrogen and oxygen atoms in total. The van der Waals surface area contributed by atoms with Gasteiger partial charge in [-0.3, -0.25) is 14.2 Å². The van der Waals surface area contributed by atoms with E-state index in [0.717, 1.165) is 4.47 Å². The molecule has 1 aliphatic rings. The van der Waals surface area contributed by atoms with E-state index in [9.17, 15) is 14.4 Å². The second-order valence-electron chi connectivity index (χ2n) is 8.77. The molecule has 1 aliphatic heterocycles. The van der Waals surface area contributed by atoms with Gasteiger partial charge in [-0.25, -0.2) is 9.79 Å². The van der Waals surface area contributed by atoms with Crippen LogP contribution in [-0.2, 0) is 14.3 Å². The highest BCUT2D eigenvalue weighted by molar-refractivity contribution is 9.11. The molecule has 41 heavy (non-hydrogen) atoms. The highest BCUT2D eigenvalue weighted by atomic mass is 79.9. The number of hydrogen-bond acceptors (Lipinski definition) is 9. The summed E-state index contributed by atoms with van der Waals surface area (Å²) in [4.78, 5) is 44.1. The third-order valence-corrected chi connectivity index (χ3v) is 8.00. The molecule has 1 atom stereocenters. The van der Waals surface area contributed by atoms with Crippen molar-refractivity contribution in [1.29, 1.82) is 0 Å². The van der Waals surface area contributed by atoms with Gasteiger partial charge in [-0.15, -0.1) is 0 Å². The number of allylic oxidation sites excluding steroid dienone is 1. The maximum Gasteiger partial charge on any atom is 0.338 e. The smallest absolute Gasteiger partial charge is 0.338 e. The molecular weight excluding hydrogens is 680 g/mol. The number of aromatic nitrogens is 1. The minimum Gasteiger partial charge on any atom is -0.490 e. The summed E-state index contributed by atoms with van der Waals surface area (Å²) >= 11 is 8.05. The summed E-state index contributed by atoms with van der Waals surface area (Å²) in [6, 6.07) is 8.01. The van der Waals surface area contributed by atoms with E-state index < -0.39 is 18.0 Å². The first-order chi connectivity index (χ1) is 19.6. The summed E-state index contributed by atoms with van der Waals surface area (Å²) < 4.78 is 25.5. The van der Waals surface area contributed by atoms with Gasteiger partial charge in [-0.2, -0.15) is 0 Å². The Balaban J connectivity index is 1.99. The van der Waals surface area contributed by atoms with Gasteiger partial charge in [0.05, 0.1) is 46.1 Å². The number of fused-ring (bicyclic) bond motifs is 1. The molecule has 0 radical (unpaired) electrons. The summed E-state index contributed by atoms with van der Waals surface area (Å²) in [5.41, 5.74) is 1.46. The molecule has 0 N–H and O–H groups in total. The maximum atomic E-state index is 14.0. The van der Waals surface area contributed by atoms with Crippen LogP contribution in [0.2, 0.25) is 0 Å². The van der Waals surface area contributed by atoms with Gasteiger partial charge in [0.1, 0.15) is 0 Å². The monoisotopic (exact) mass is 706 g/mol. The average molecular weight is 708 g/mol. The van der Waals surface area contributed by atoms with Crippen molar-refractivity contribution in [2.45, 2.75) is 40.7 Å². The van der Waals surface area contributed by atoms with Gasteiger partial charge >= 0.3 is 11.9 Å². The van der Waals surface area contributed by atoms with Crippen LogP contribution in [0.1, 0.15) is 51.8 Å². The largest absolute Gasteiger partial charge is 0.490 e. The number of ether oxygens (including phenoxy) is 4. The Morgan fingerprint density at radius 3 is 2.41 bits per heavy atom. The van der Waals surface area contributed by atoms with Crippen LogP contribution < -0.4 is 29.1 Å². The first-order valence-corrected chi connectivity index (χ1v) is 15.3. The Labute approximate surface area is 257 Å². The summed E-state index contributed by atoms with van der Waals surface area (Å²) in [5, 5.41) is 0. The number of rotatable bonds is 9. The van der Waals surface area contributed by atoms with E-state index in [1.54, 1.807) is 50.3 Å². The third-order valence-electron chi connectivity index (χ3n) is 5.97. The zero-order chi connectivity index (χ0) is 29.8. The number of benzene rings is 2. The van der Waals surface area contributed by atoms with Gasteiger partial charge in [-0.1, -0.05) is 33.3 Å². The van der Waals surface area contributed by atoms with Crippen LogP contribution in [0.15, 0.2) is 60.3 Å². The fraction of sp³-hybridized carbons (Fsp3) is 0.310. The molecule has 216 valence electrons. The lowest BCUT2D eigenvalue weighted by molar-refractivity contribution is -0.139. The van der Waals surface area contributed by atoms with E-state index in [-0.39, 0.29) is 23.5 Å². The van der Waals surface area contributed by atoms with Gasteiger partial charge in [0.15, 0.2) is 22.0 Å². The van der Waals surface area contributed by atoms with E-state index in [0.29, 0.717) is 55.3 Å². The highest BCUT2D eigenvalue weighted by Gasteiger charge is 2.34. The number of thiazole rings is 1. The van der Waals surface area contributed by atoms with Crippen LogP contribution in [0, 0.1) is 0 Å². The van der Waals surface area contributed by atoms with E-state index in [1.165, 1.54) is 22.8 Å². The summed E-state index contributed by atoms with van der Waals surface area (Å²) in [6.07, 6.45) is 1.64. The Hall–Kier alpha value is -3.22. The molecule has 0 amide bonds. The number of esters is 2. The van der Waals surface area contributed by atoms with Gasteiger partial charge in [0, 0.05) is 17.0 Å². The molecule has 3 aromatic rings. The molecule has 0 fully saturated rings. The number of hydrogen-bond donors (Lipinski definition) is 0. The Morgan fingerprint density at radius 2 is 1.76 bits per heavy atom. The molecule has 0 unspecified atom stereocenters. The molecule has 2 heterocycles. The van der Waals surface area contributed by atoms with Crippen LogP contribution in [0.3, 0.4) is 0 Å². The Morgan fingerprint density at radius 1 is 1.05 bits per heavy atom. The predicted octanol–water partition coefficient (Wildman–Crippen LogP) is 5.05. The van der Waals surface area contributed by atoms with Crippen molar-refractivity contribution in [2.75, 3.05) is 19.8 Å². The number of nitrogens with zero attached hydrogens (tertiary/aromatic N) is 2. The zero-order valence-electron chi connectivity index (χ0n) is 23.1. The summed E-state index contributed by atoms with van der Waals surface area (Å²) in [7, 11) is 0. The van der Waals surface area contributed by atoms with Crippen LogP contribution in [0.5, 0.6) is 17.2 Å². The van der Waals surface area contributed by atoms with Crippen LogP contribution in [0.25, 0.3) is 6.08 Å². The van der Waals surface area contributed by atoms with Crippen molar-refractivity contribution in [1.82, 2.24) is 4.57 Å². The fourth-order valence-corrected chi connectivity index (χ4v) is 6.80. The average Bonchev–Trinajstić information content (AvgIpc) is 3.20. The van der Waals surface area contributed by atoms with Crippen molar-refractivity contribution in [2.24, 2.45) is 4.99 Å². The Bertz CT molecular complexity index is 1730. The first-order valence-electron chi connectivity index (χ1n) is 12.9. The van der Waals surface area contributed by atoms with E-state index in [4.69, 9.17) is 18.9 Å². The fourth-order valence-electron chi connectivity index (χ4n) is 4.42. The van der Waals surface area contributed by atoms with Crippen molar-refractivity contribution < 1.29 is 28.5 Å². The highest BCUT2D eigenvalue weighted by Crippen LogP contribution is 2.37. The standard InChI is InChI=1S/C29H28Br2N2O7S/c1-6-37-21-10-9-17(12-22(21)38-7-2)25-24(28(36)39-8-3)15(4)32-29-33(25)27(35)23(41-29)13-18-11-19(30)14-20(31)26(18)40-16(5)34/h9-14,25H,6-8H2,1-5H3/b23-13-/t25-/m1/s1. The van der Waals surface area contributed by atoms with Gasteiger partial charge in [0.25, 0.3) is 5.56 Å². The SMILES string of the molecule is CCOC(=O)C1=C(C)N=c2s/c(=C\c3cc(Br)cc(Br)c3OC(C)=O)c(=O)n2[C@@H]1c1ccc(OCC)c(OCC)c1. The van der Waals surface area contributed by atoms with E-state index >= 15 is 0 Å². The van der Waals surface area contributed by atoms with Crippen LogP contribution >= 0.6 is 43.2 Å². The molecule has 1 aromatic heterocycles. The molecule has 2 aromatic carbocycles. The minimum atomic E-state index is -0.829. The minimum absolute atomic E-state index is 0.164. The Kier molecular flexibility index (Phi) is 9.88. The van der Waals surface area contributed by atoms with Crippen LogP contribution in [0.4, 0.5) is 0 Å². The number of carbonyl (C=O) groups excluding carboxylic acids is 2. The quantitative estimate of drug-likeness (QED) is 0.227. The molecule has 4 rings (SSSR count). The molecule has 0 spiro atoms. The number of halogens is 2. The van der Waals surface area contributed by atoms with Crippen molar-refractivity contribution in [3.63, 3.8) is 0 Å². The molecule has 0 saturated carbocycles. The third kappa shape index (κ3) is 6.49. The predicted molar refractivity (Wildman–Crippen MR) is 162 cm³/mol. The molecule has 0 saturated heterocycles. The van der Waals surface area contributed by atoms with E-state index in [1.807, 2.05) is 13.8 Å². The van der Waals surface area contributed by atoms with Crippen molar-refractivity contribution in [3.8, 4) is 17.2 Å². The van der Waals surface area contributed by atoms with Crippen molar-refractivity contribution >= 4 is 61.2 Å². The molecule has 0 bridgehead atoms. The number of carbonyl (C=O) groups is 2. The lowest BCUT2D eigenvalue weighted by Gasteiger charge is -2.25. The second kappa shape index (κ2) is 13.2.